The number of likely N-dealkylation sites (N-methyl/N-ethyl adjacent to an activating group) is 1. The first-order chi connectivity index (χ1) is 11.1. The van der Waals surface area contributed by atoms with E-state index in [4.69, 9.17) is 11.5 Å². The van der Waals surface area contributed by atoms with Gasteiger partial charge < -0.3 is 16.4 Å². The average Bonchev–Trinajstić information content (AvgIpc) is 2.53. The summed E-state index contributed by atoms with van der Waals surface area (Å²) in [5, 5.41) is 2.36. The van der Waals surface area contributed by atoms with Crippen molar-refractivity contribution in [1.29, 1.82) is 0 Å². The summed E-state index contributed by atoms with van der Waals surface area (Å²) in [5.41, 5.74) is 12.6. The maximum atomic E-state index is 11.9. The molecule has 0 atom stereocenters. The molecule has 0 bridgehead atoms. The van der Waals surface area contributed by atoms with Crippen molar-refractivity contribution < 1.29 is 0 Å². The topological polar surface area (TPSA) is 101 Å². The number of hydrogen-bond acceptors (Lipinski definition) is 5. The molecule has 0 amide bonds. The number of anilines is 3. The minimum absolute atomic E-state index is 0.0404. The van der Waals surface area contributed by atoms with E-state index in [0.717, 1.165) is 5.69 Å². The highest BCUT2D eigenvalue weighted by Crippen LogP contribution is 2.25. The van der Waals surface area contributed by atoms with Gasteiger partial charge >= 0.3 is 0 Å². The first-order valence-corrected chi connectivity index (χ1v) is 7.39. The molecule has 1 heterocycles. The molecule has 0 radical (unpaired) electrons. The lowest BCUT2D eigenvalue weighted by atomic mass is 10.1. The quantitative estimate of drug-likeness (QED) is 0.682. The molecule has 0 aliphatic carbocycles. The number of hydrogen-bond donors (Lipinski definition) is 3. The minimum atomic E-state index is -0.277. The van der Waals surface area contributed by atoms with Crippen LogP contribution in [0.1, 0.15) is 5.56 Å². The molecular formula is C17H19N5O. The SMILES string of the molecule is CN(CCc1c(N)nc(N)[nH]c1=O)c1cccc2ccccc12. The van der Waals surface area contributed by atoms with Gasteiger partial charge in [0, 0.05) is 24.7 Å². The Kier molecular flexibility index (Phi) is 3.89. The van der Waals surface area contributed by atoms with Crippen LogP contribution in [0.5, 0.6) is 0 Å². The number of aromatic amines is 1. The van der Waals surface area contributed by atoms with E-state index in [-0.39, 0.29) is 17.3 Å². The lowest BCUT2D eigenvalue weighted by Gasteiger charge is -2.21. The van der Waals surface area contributed by atoms with Crippen molar-refractivity contribution in [1.82, 2.24) is 9.97 Å². The van der Waals surface area contributed by atoms with Crippen LogP contribution < -0.4 is 21.9 Å². The van der Waals surface area contributed by atoms with E-state index in [1.165, 1.54) is 10.8 Å². The van der Waals surface area contributed by atoms with Crippen LogP contribution in [0.25, 0.3) is 10.8 Å². The first-order valence-electron chi connectivity index (χ1n) is 7.39. The summed E-state index contributed by atoms with van der Waals surface area (Å²) < 4.78 is 0. The Labute approximate surface area is 133 Å². The number of rotatable bonds is 4. The zero-order valence-corrected chi connectivity index (χ0v) is 12.9. The van der Waals surface area contributed by atoms with Gasteiger partial charge in [-0.3, -0.25) is 9.78 Å². The molecule has 0 spiro atoms. The molecule has 0 aliphatic rings. The Morgan fingerprint density at radius 2 is 1.87 bits per heavy atom. The van der Waals surface area contributed by atoms with Gasteiger partial charge in [-0.15, -0.1) is 0 Å². The Balaban J connectivity index is 1.85. The summed E-state index contributed by atoms with van der Waals surface area (Å²) in [6, 6.07) is 14.4. The molecule has 3 aromatic rings. The average molecular weight is 309 g/mol. The highest BCUT2D eigenvalue weighted by Gasteiger charge is 2.11. The van der Waals surface area contributed by atoms with Gasteiger partial charge in [-0.25, -0.2) is 0 Å². The lowest BCUT2D eigenvalue weighted by Crippen LogP contribution is -2.26. The largest absolute Gasteiger partial charge is 0.383 e. The number of H-pyrrole nitrogens is 1. The normalized spacial score (nSPS) is 10.8. The Morgan fingerprint density at radius 1 is 1.13 bits per heavy atom. The predicted molar refractivity (Wildman–Crippen MR) is 94.6 cm³/mol. The third-order valence-corrected chi connectivity index (χ3v) is 3.94. The van der Waals surface area contributed by atoms with E-state index in [9.17, 15) is 4.79 Å². The van der Waals surface area contributed by atoms with Crippen LogP contribution in [-0.2, 0) is 6.42 Å². The molecule has 6 heteroatoms. The summed E-state index contributed by atoms with van der Waals surface area (Å²) in [6.07, 6.45) is 0.494. The molecule has 6 nitrogen and oxygen atoms in total. The zero-order chi connectivity index (χ0) is 16.4. The minimum Gasteiger partial charge on any atom is -0.383 e. The number of nitrogens with two attached hydrogens (primary N) is 2. The van der Waals surface area contributed by atoms with E-state index in [0.29, 0.717) is 18.5 Å². The van der Waals surface area contributed by atoms with E-state index in [2.05, 4.69) is 39.1 Å². The van der Waals surface area contributed by atoms with Crippen LogP contribution in [0.3, 0.4) is 0 Å². The molecule has 0 fully saturated rings. The highest BCUT2D eigenvalue weighted by molar-refractivity contribution is 5.94. The van der Waals surface area contributed by atoms with E-state index in [1.807, 2.05) is 25.2 Å². The number of nitrogens with zero attached hydrogens (tertiary/aromatic N) is 2. The van der Waals surface area contributed by atoms with Crippen molar-refractivity contribution in [3.05, 3.63) is 58.4 Å². The number of fused-ring (bicyclic) bond motifs is 1. The lowest BCUT2D eigenvalue weighted by molar-refractivity contribution is 0.863. The van der Waals surface area contributed by atoms with Gasteiger partial charge in [0.25, 0.3) is 5.56 Å². The Morgan fingerprint density at radius 3 is 2.65 bits per heavy atom. The smallest absolute Gasteiger partial charge is 0.257 e. The second-order valence-electron chi connectivity index (χ2n) is 5.48. The fourth-order valence-electron chi connectivity index (χ4n) is 2.72. The first kappa shape index (κ1) is 14.9. The third-order valence-electron chi connectivity index (χ3n) is 3.94. The summed E-state index contributed by atoms with van der Waals surface area (Å²) >= 11 is 0. The maximum absolute atomic E-state index is 11.9. The van der Waals surface area contributed by atoms with Crippen molar-refractivity contribution in [2.45, 2.75) is 6.42 Å². The van der Waals surface area contributed by atoms with E-state index >= 15 is 0 Å². The van der Waals surface area contributed by atoms with Gasteiger partial charge in [-0.2, -0.15) is 4.98 Å². The van der Waals surface area contributed by atoms with Crippen LogP contribution in [0, 0.1) is 0 Å². The second-order valence-corrected chi connectivity index (χ2v) is 5.48. The van der Waals surface area contributed by atoms with E-state index in [1.54, 1.807) is 0 Å². The van der Waals surface area contributed by atoms with Gasteiger partial charge in [0.1, 0.15) is 5.82 Å². The molecule has 1 aromatic heterocycles. The summed E-state index contributed by atoms with van der Waals surface area (Å²) in [7, 11) is 2.00. The van der Waals surface area contributed by atoms with Crippen molar-refractivity contribution in [2.75, 3.05) is 30.0 Å². The van der Waals surface area contributed by atoms with Crippen molar-refractivity contribution in [2.24, 2.45) is 0 Å². The van der Waals surface area contributed by atoms with Crippen LogP contribution in [0.4, 0.5) is 17.5 Å². The van der Waals surface area contributed by atoms with Gasteiger partial charge in [0.15, 0.2) is 0 Å². The van der Waals surface area contributed by atoms with Crippen LogP contribution in [0.2, 0.25) is 0 Å². The highest BCUT2D eigenvalue weighted by atomic mass is 16.1. The van der Waals surface area contributed by atoms with Gasteiger partial charge in [-0.1, -0.05) is 36.4 Å². The van der Waals surface area contributed by atoms with Crippen LogP contribution in [-0.4, -0.2) is 23.6 Å². The number of nitrogen functional groups attached to an aromatic ring is 2. The molecule has 23 heavy (non-hydrogen) atoms. The summed E-state index contributed by atoms with van der Waals surface area (Å²) in [6.45, 7) is 0.646. The molecule has 0 unspecified atom stereocenters. The van der Waals surface area contributed by atoms with Gasteiger partial charge in [-0.05, 0) is 17.9 Å². The Hall–Kier alpha value is -3.02. The molecule has 0 saturated heterocycles. The molecule has 0 aliphatic heterocycles. The fraction of sp³-hybridized carbons (Fsp3) is 0.176. The predicted octanol–water partition coefficient (Wildman–Crippen LogP) is 1.77. The molecule has 0 saturated carbocycles. The molecule has 5 N–H and O–H groups in total. The van der Waals surface area contributed by atoms with Crippen LogP contribution >= 0.6 is 0 Å². The number of aromatic nitrogens is 2. The van der Waals surface area contributed by atoms with Crippen molar-refractivity contribution in [3.63, 3.8) is 0 Å². The van der Waals surface area contributed by atoms with Crippen molar-refractivity contribution >= 4 is 28.2 Å². The number of nitrogens with one attached hydrogen (secondary N) is 1. The summed E-state index contributed by atoms with van der Waals surface area (Å²) in [4.78, 5) is 20.5. The third kappa shape index (κ3) is 2.96. The van der Waals surface area contributed by atoms with E-state index < -0.39 is 0 Å². The van der Waals surface area contributed by atoms with Gasteiger partial charge in [0.2, 0.25) is 5.95 Å². The molecular weight excluding hydrogens is 290 g/mol. The standard InChI is InChI=1S/C17H19N5O/c1-22(10-9-13-15(18)20-17(19)21-16(13)23)14-8-4-6-11-5-2-3-7-12(11)14/h2-8H,9-10H2,1H3,(H5,18,19,20,21,23). The molecule has 3 rings (SSSR count). The number of benzene rings is 2. The van der Waals surface area contributed by atoms with Crippen LogP contribution in [0.15, 0.2) is 47.3 Å². The monoisotopic (exact) mass is 309 g/mol. The van der Waals surface area contributed by atoms with Crippen molar-refractivity contribution in [3.8, 4) is 0 Å². The zero-order valence-electron chi connectivity index (χ0n) is 12.9. The molecule has 2 aromatic carbocycles. The van der Waals surface area contributed by atoms with Gasteiger partial charge in [0.05, 0.1) is 5.56 Å². The maximum Gasteiger partial charge on any atom is 0.257 e. The second kappa shape index (κ2) is 6.00. The Bertz CT molecular complexity index is 898. The summed E-state index contributed by atoms with van der Waals surface area (Å²) in [5.74, 6) is 0.233. The molecule has 118 valence electrons. The fourth-order valence-corrected chi connectivity index (χ4v) is 2.72.